The van der Waals surface area contributed by atoms with Crippen molar-refractivity contribution in [1.29, 1.82) is 0 Å². The first kappa shape index (κ1) is 20.3. The van der Waals surface area contributed by atoms with Crippen molar-refractivity contribution in [2.45, 2.75) is 23.8 Å². The van der Waals surface area contributed by atoms with Crippen LogP contribution in [0.5, 0.6) is 0 Å². The molecule has 0 fully saturated rings. The summed E-state index contributed by atoms with van der Waals surface area (Å²) in [6, 6.07) is 11.0. The van der Waals surface area contributed by atoms with Gasteiger partial charge >= 0.3 is 0 Å². The fourth-order valence-electron chi connectivity index (χ4n) is 2.22. The minimum atomic E-state index is -1.85. The van der Waals surface area contributed by atoms with E-state index in [0.717, 1.165) is 17.2 Å². The first-order chi connectivity index (χ1) is 12.1. The Morgan fingerprint density at radius 1 is 1.15 bits per heavy atom. The maximum Gasteiger partial charge on any atom is 0.270 e. The van der Waals surface area contributed by atoms with Gasteiger partial charge in [-0.05, 0) is 37.1 Å². The number of rotatable bonds is 5. The molecule has 0 saturated heterocycles. The molecule has 138 valence electrons. The molecule has 1 atom stereocenters. The molecule has 0 unspecified atom stereocenters. The number of carbonyl (C=O) groups excluding carboxylic acids is 1. The third kappa shape index (κ3) is 5.24. The number of alkyl halides is 3. The highest BCUT2D eigenvalue weighted by molar-refractivity contribution is 6.68. The molecule has 2 aromatic rings. The number of nitro groups is 1. The second kappa shape index (κ2) is 8.12. The van der Waals surface area contributed by atoms with Gasteiger partial charge in [0, 0.05) is 23.4 Å². The fourth-order valence-corrected chi connectivity index (χ4v) is 2.55. The van der Waals surface area contributed by atoms with Gasteiger partial charge in [-0.3, -0.25) is 14.9 Å². The van der Waals surface area contributed by atoms with E-state index in [1.807, 2.05) is 32.0 Å². The fraction of sp³-hybridized carbons (Fsp3) is 0.235. The topological polar surface area (TPSA) is 84.3 Å². The number of halogens is 3. The van der Waals surface area contributed by atoms with E-state index in [1.165, 1.54) is 18.2 Å². The van der Waals surface area contributed by atoms with Crippen LogP contribution in [0, 0.1) is 24.0 Å². The smallest absolute Gasteiger partial charge is 0.270 e. The lowest BCUT2D eigenvalue weighted by molar-refractivity contribution is -0.384. The van der Waals surface area contributed by atoms with Crippen LogP contribution in [-0.4, -0.2) is 20.8 Å². The van der Waals surface area contributed by atoms with Crippen molar-refractivity contribution < 1.29 is 9.72 Å². The third-order valence-corrected chi connectivity index (χ3v) is 4.27. The van der Waals surface area contributed by atoms with Gasteiger partial charge in [0.25, 0.3) is 11.6 Å². The molecule has 0 radical (unpaired) electrons. The molecule has 0 aliphatic carbocycles. The summed E-state index contributed by atoms with van der Waals surface area (Å²) in [5, 5.41) is 16.4. The zero-order chi connectivity index (χ0) is 19.5. The van der Waals surface area contributed by atoms with Crippen molar-refractivity contribution >= 4 is 52.1 Å². The minimum absolute atomic E-state index is 0.0845. The van der Waals surface area contributed by atoms with Crippen LogP contribution < -0.4 is 10.6 Å². The van der Waals surface area contributed by atoms with Gasteiger partial charge in [0.1, 0.15) is 6.17 Å². The van der Waals surface area contributed by atoms with Crippen LogP contribution in [0.15, 0.2) is 42.5 Å². The highest BCUT2D eigenvalue weighted by Gasteiger charge is 2.34. The number of nitrogens with one attached hydrogen (secondary N) is 2. The number of nitrogens with zero attached hydrogens (tertiary/aromatic N) is 1. The van der Waals surface area contributed by atoms with E-state index in [0.29, 0.717) is 5.69 Å². The molecule has 2 N–H and O–H groups in total. The van der Waals surface area contributed by atoms with E-state index in [-0.39, 0.29) is 11.3 Å². The zero-order valence-corrected chi connectivity index (χ0v) is 16.2. The molecule has 0 bridgehead atoms. The van der Waals surface area contributed by atoms with E-state index in [9.17, 15) is 14.9 Å². The Balaban J connectivity index is 2.25. The van der Waals surface area contributed by atoms with E-state index in [1.54, 1.807) is 0 Å². The molecule has 0 heterocycles. The lowest BCUT2D eigenvalue weighted by Crippen LogP contribution is -2.49. The van der Waals surface area contributed by atoms with Gasteiger partial charge in [-0.1, -0.05) is 53.0 Å². The molecular formula is C17H16Cl3N3O3. The monoisotopic (exact) mass is 415 g/mol. The Kier molecular flexibility index (Phi) is 6.34. The lowest BCUT2D eigenvalue weighted by atomic mass is 10.1. The molecule has 1 amide bonds. The molecule has 26 heavy (non-hydrogen) atoms. The molecule has 9 heteroatoms. The van der Waals surface area contributed by atoms with Gasteiger partial charge in [-0.2, -0.15) is 0 Å². The first-order valence-corrected chi connectivity index (χ1v) is 8.67. The average molecular weight is 417 g/mol. The molecule has 0 spiro atoms. The molecule has 0 aliphatic rings. The summed E-state index contributed by atoms with van der Waals surface area (Å²) in [5.41, 5.74) is 2.47. The molecular weight excluding hydrogens is 401 g/mol. The summed E-state index contributed by atoms with van der Waals surface area (Å²) in [7, 11) is 0. The molecule has 6 nitrogen and oxygen atoms in total. The van der Waals surface area contributed by atoms with Crippen molar-refractivity contribution in [3.05, 3.63) is 69.3 Å². The number of aryl methyl sites for hydroxylation is 2. The number of hydrogen-bond acceptors (Lipinski definition) is 4. The summed E-state index contributed by atoms with van der Waals surface area (Å²) in [5.74, 6) is -0.608. The molecule has 2 aromatic carbocycles. The minimum Gasteiger partial charge on any atom is -0.362 e. The SMILES string of the molecule is Cc1ccc(C)c(N[C@H](NC(=O)c2cccc([N+](=O)[O-])c2)C(Cl)(Cl)Cl)c1. The molecule has 0 saturated carbocycles. The van der Waals surface area contributed by atoms with E-state index in [4.69, 9.17) is 34.8 Å². The van der Waals surface area contributed by atoms with E-state index in [2.05, 4.69) is 10.6 Å². The number of nitro benzene ring substituents is 1. The van der Waals surface area contributed by atoms with Crippen LogP contribution in [-0.2, 0) is 0 Å². The highest BCUT2D eigenvalue weighted by atomic mass is 35.6. The predicted octanol–water partition coefficient (Wildman–Crippen LogP) is 4.75. The summed E-state index contributed by atoms with van der Waals surface area (Å²) < 4.78 is -1.85. The van der Waals surface area contributed by atoms with Gasteiger partial charge in [-0.25, -0.2) is 0 Å². The average Bonchev–Trinajstić information content (AvgIpc) is 2.56. The number of carbonyl (C=O) groups is 1. The van der Waals surface area contributed by atoms with Gasteiger partial charge in [0.15, 0.2) is 0 Å². The van der Waals surface area contributed by atoms with Gasteiger partial charge < -0.3 is 10.6 Å². The second-order valence-electron chi connectivity index (χ2n) is 5.72. The largest absolute Gasteiger partial charge is 0.362 e. The van der Waals surface area contributed by atoms with Gasteiger partial charge in [0.2, 0.25) is 3.79 Å². The Labute approximate surface area is 165 Å². The maximum absolute atomic E-state index is 12.5. The van der Waals surface area contributed by atoms with Crippen LogP contribution in [0.4, 0.5) is 11.4 Å². The van der Waals surface area contributed by atoms with Crippen LogP contribution in [0.1, 0.15) is 21.5 Å². The van der Waals surface area contributed by atoms with Gasteiger partial charge in [0.05, 0.1) is 4.92 Å². The van der Waals surface area contributed by atoms with Crippen LogP contribution >= 0.6 is 34.8 Å². The predicted molar refractivity (Wildman–Crippen MR) is 104 cm³/mol. The second-order valence-corrected chi connectivity index (χ2v) is 8.09. The highest BCUT2D eigenvalue weighted by Crippen LogP contribution is 2.32. The van der Waals surface area contributed by atoms with Crippen molar-refractivity contribution in [2.75, 3.05) is 5.32 Å². The third-order valence-electron chi connectivity index (χ3n) is 3.61. The standard InChI is InChI=1S/C17H16Cl3N3O3/c1-10-6-7-11(2)14(8-10)21-16(17(18,19)20)22-15(24)12-4-3-5-13(9-12)23(25)26/h3-9,16,21H,1-2H3,(H,22,24)/t16-/m1/s1. The zero-order valence-electron chi connectivity index (χ0n) is 13.9. The van der Waals surface area contributed by atoms with Crippen molar-refractivity contribution in [1.82, 2.24) is 5.32 Å². The summed E-state index contributed by atoms with van der Waals surface area (Å²) in [4.78, 5) is 22.7. The maximum atomic E-state index is 12.5. The number of hydrogen-bond donors (Lipinski definition) is 2. The molecule has 2 rings (SSSR count). The van der Waals surface area contributed by atoms with Crippen LogP contribution in [0.25, 0.3) is 0 Å². The van der Waals surface area contributed by atoms with Crippen molar-refractivity contribution in [3.63, 3.8) is 0 Å². The Hall–Kier alpha value is -2.02. The van der Waals surface area contributed by atoms with Crippen molar-refractivity contribution in [2.24, 2.45) is 0 Å². The summed E-state index contributed by atoms with van der Waals surface area (Å²) >= 11 is 18.0. The Morgan fingerprint density at radius 2 is 1.85 bits per heavy atom. The number of benzene rings is 2. The van der Waals surface area contributed by atoms with Gasteiger partial charge in [-0.15, -0.1) is 0 Å². The molecule has 0 aliphatic heterocycles. The van der Waals surface area contributed by atoms with E-state index < -0.39 is 20.8 Å². The number of amides is 1. The van der Waals surface area contributed by atoms with Crippen LogP contribution in [0.2, 0.25) is 0 Å². The first-order valence-electron chi connectivity index (χ1n) is 7.54. The lowest BCUT2D eigenvalue weighted by Gasteiger charge is -2.28. The summed E-state index contributed by atoms with van der Waals surface area (Å²) in [6.45, 7) is 3.79. The van der Waals surface area contributed by atoms with Crippen molar-refractivity contribution in [3.8, 4) is 0 Å². The quantitative estimate of drug-likeness (QED) is 0.319. The van der Waals surface area contributed by atoms with E-state index >= 15 is 0 Å². The Morgan fingerprint density at radius 3 is 2.46 bits per heavy atom. The number of non-ortho nitro benzene ring substituents is 1. The number of anilines is 1. The normalized spacial score (nSPS) is 12.3. The summed E-state index contributed by atoms with van der Waals surface area (Å²) in [6.07, 6.45) is -1.06. The van der Waals surface area contributed by atoms with Crippen LogP contribution in [0.3, 0.4) is 0 Å². The Bertz CT molecular complexity index is 837. The molecule has 0 aromatic heterocycles.